The molecule has 1 rings (SSSR count). The summed E-state index contributed by atoms with van der Waals surface area (Å²) in [7, 11) is 2.07. The molecular weight excluding hydrogens is 222 g/mol. The average Bonchev–Trinajstić information content (AvgIpc) is 2.67. The molecule has 0 aliphatic heterocycles. The number of aryl methyl sites for hydroxylation is 2. The van der Waals surface area contributed by atoms with Crippen molar-refractivity contribution in [1.82, 2.24) is 14.9 Å². The number of hydrogen-bond donors (Lipinski definition) is 1. The van der Waals surface area contributed by atoms with Crippen molar-refractivity contribution in [3.8, 4) is 0 Å². The normalized spacial score (nSPS) is 15.7. The first-order chi connectivity index (χ1) is 8.29. The van der Waals surface area contributed by atoms with Crippen molar-refractivity contribution >= 4 is 0 Å². The quantitative estimate of drug-likeness (QED) is 0.842. The Morgan fingerprint density at radius 2 is 1.94 bits per heavy atom. The van der Waals surface area contributed by atoms with Gasteiger partial charge < -0.3 is 9.88 Å². The fraction of sp³-hybridized carbons (Fsp3) is 0.800. The molecule has 3 nitrogen and oxygen atoms in total. The van der Waals surface area contributed by atoms with Crippen LogP contribution in [0.15, 0.2) is 12.4 Å². The highest BCUT2D eigenvalue weighted by atomic mass is 15.0. The molecule has 0 spiro atoms. The molecule has 0 bridgehead atoms. The molecule has 0 fully saturated rings. The highest BCUT2D eigenvalue weighted by molar-refractivity contribution is 4.91. The van der Waals surface area contributed by atoms with Crippen LogP contribution >= 0.6 is 0 Å². The van der Waals surface area contributed by atoms with Crippen LogP contribution in [-0.4, -0.2) is 21.6 Å². The molecule has 0 aliphatic carbocycles. The third kappa shape index (κ3) is 5.21. The van der Waals surface area contributed by atoms with E-state index >= 15 is 0 Å². The van der Waals surface area contributed by atoms with Gasteiger partial charge in [0.2, 0.25) is 0 Å². The maximum atomic E-state index is 4.38. The molecule has 0 amide bonds. The predicted molar refractivity (Wildman–Crippen MR) is 77.6 cm³/mol. The van der Waals surface area contributed by atoms with Gasteiger partial charge in [0, 0.05) is 31.4 Å². The number of nitrogens with one attached hydrogen (secondary N) is 1. The Labute approximate surface area is 112 Å². The van der Waals surface area contributed by atoms with Crippen molar-refractivity contribution in [1.29, 1.82) is 0 Å². The minimum atomic E-state index is 0.216. The fourth-order valence-corrected chi connectivity index (χ4v) is 1.95. The smallest absolute Gasteiger partial charge is 0.108 e. The summed E-state index contributed by atoms with van der Waals surface area (Å²) in [5, 5.41) is 3.59. The van der Waals surface area contributed by atoms with Crippen molar-refractivity contribution < 1.29 is 0 Å². The molecule has 0 saturated heterocycles. The first-order valence-electron chi connectivity index (χ1n) is 7.01. The summed E-state index contributed by atoms with van der Waals surface area (Å²) < 4.78 is 2.12. The third-order valence-electron chi connectivity index (χ3n) is 3.67. The van der Waals surface area contributed by atoms with E-state index in [1.165, 1.54) is 12.2 Å². The highest BCUT2D eigenvalue weighted by Crippen LogP contribution is 2.17. The van der Waals surface area contributed by atoms with Crippen LogP contribution in [0.4, 0.5) is 0 Å². The zero-order valence-electron chi connectivity index (χ0n) is 12.8. The first-order valence-corrected chi connectivity index (χ1v) is 7.01. The van der Waals surface area contributed by atoms with Gasteiger partial charge >= 0.3 is 0 Å². The third-order valence-corrected chi connectivity index (χ3v) is 3.67. The predicted octanol–water partition coefficient (Wildman–Crippen LogP) is 3.01. The molecule has 18 heavy (non-hydrogen) atoms. The standard InChI is InChI=1S/C15H29N3/c1-12(13(2)11-17-15(3,4)5)7-8-14-16-9-10-18(14)6/h9-10,12-13,17H,7-8,11H2,1-6H3. The number of aromatic nitrogens is 2. The molecule has 1 N–H and O–H groups in total. The van der Waals surface area contributed by atoms with Gasteiger partial charge in [-0.3, -0.25) is 0 Å². The van der Waals surface area contributed by atoms with E-state index in [0.717, 1.165) is 18.9 Å². The van der Waals surface area contributed by atoms with E-state index in [1.807, 2.05) is 12.4 Å². The van der Waals surface area contributed by atoms with E-state index in [0.29, 0.717) is 5.92 Å². The Morgan fingerprint density at radius 1 is 1.28 bits per heavy atom. The second-order valence-electron chi connectivity index (χ2n) is 6.58. The lowest BCUT2D eigenvalue weighted by atomic mass is 9.90. The molecule has 2 atom stereocenters. The second kappa shape index (κ2) is 6.37. The van der Waals surface area contributed by atoms with Crippen molar-refractivity contribution in [2.75, 3.05) is 6.54 Å². The summed E-state index contributed by atoms with van der Waals surface area (Å²) in [6.45, 7) is 12.4. The van der Waals surface area contributed by atoms with E-state index in [-0.39, 0.29) is 5.54 Å². The first kappa shape index (κ1) is 15.2. The molecule has 0 radical (unpaired) electrons. The zero-order valence-corrected chi connectivity index (χ0v) is 12.8. The molecule has 2 unspecified atom stereocenters. The number of imidazole rings is 1. The van der Waals surface area contributed by atoms with Gasteiger partial charge in [-0.25, -0.2) is 4.98 Å². The summed E-state index contributed by atoms with van der Waals surface area (Å²) in [6, 6.07) is 0. The lowest BCUT2D eigenvalue weighted by Crippen LogP contribution is -2.39. The van der Waals surface area contributed by atoms with Gasteiger partial charge in [-0.1, -0.05) is 13.8 Å². The SMILES string of the molecule is CC(CCc1nccn1C)C(C)CNC(C)(C)C. The molecule has 0 aromatic carbocycles. The number of nitrogens with zero attached hydrogens (tertiary/aromatic N) is 2. The van der Waals surface area contributed by atoms with Gasteiger partial charge in [0.05, 0.1) is 0 Å². The number of hydrogen-bond acceptors (Lipinski definition) is 2. The molecule has 0 aliphatic rings. The zero-order chi connectivity index (χ0) is 13.8. The monoisotopic (exact) mass is 251 g/mol. The van der Waals surface area contributed by atoms with E-state index in [9.17, 15) is 0 Å². The van der Waals surface area contributed by atoms with Crippen molar-refractivity contribution in [3.05, 3.63) is 18.2 Å². The fourth-order valence-electron chi connectivity index (χ4n) is 1.95. The van der Waals surface area contributed by atoms with Crippen molar-refractivity contribution in [2.24, 2.45) is 18.9 Å². The topological polar surface area (TPSA) is 29.9 Å². The van der Waals surface area contributed by atoms with Gasteiger partial charge in [0.15, 0.2) is 0 Å². The molecular formula is C15H29N3. The van der Waals surface area contributed by atoms with E-state index in [4.69, 9.17) is 0 Å². The Balaban J connectivity index is 2.32. The van der Waals surface area contributed by atoms with Crippen LogP contribution < -0.4 is 5.32 Å². The van der Waals surface area contributed by atoms with Crippen LogP contribution in [0.5, 0.6) is 0 Å². The van der Waals surface area contributed by atoms with E-state index in [1.54, 1.807) is 0 Å². The van der Waals surface area contributed by atoms with Crippen LogP contribution in [0.2, 0.25) is 0 Å². The minimum absolute atomic E-state index is 0.216. The summed E-state index contributed by atoms with van der Waals surface area (Å²) in [4.78, 5) is 4.38. The molecule has 1 aromatic rings. The van der Waals surface area contributed by atoms with Gasteiger partial charge in [-0.05, 0) is 45.6 Å². The summed E-state index contributed by atoms with van der Waals surface area (Å²) >= 11 is 0. The van der Waals surface area contributed by atoms with Crippen molar-refractivity contribution in [2.45, 2.75) is 53.0 Å². The second-order valence-corrected chi connectivity index (χ2v) is 6.58. The van der Waals surface area contributed by atoms with Gasteiger partial charge in [-0.15, -0.1) is 0 Å². The van der Waals surface area contributed by atoms with Crippen LogP contribution in [0, 0.1) is 11.8 Å². The Kier molecular flexibility index (Phi) is 5.39. The van der Waals surface area contributed by atoms with Crippen LogP contribution in [0.1, 0.15) is 46.9 Å². The Bertz CT molecular complexity index is 349. The maximum Gasteiger partial charge on any atom is 0.108 e. The average molecular weight is 251 g/mol. The molecule has 1 aromatic heterocycles. The lowest BCUT2D eigenvalue weighted by molar-refractivity contribution is 0.306. The summed E-state index contributed by atoms with van der Waals surface area (Å²) in [5.41, 5.74) is 0.216. The molecule has 1 heterocycles. The summed E-state index contributed by atoms with van der Waals surface area (Å²) in [5.74, 6) is 2.61. The largest absolute Gasteiger partial charge is 0.338 e. The lowest BCUT2D eigenvalue weighted by Gasteiger charge is -2.26. The maximum absolute atomic E-state index is 4.38. The highest BCUT2D eigenvalue weighted by Gasteiger charge is 2.16. The number of rotatable bonds is 6. The molecule has 104 valence electrons. The minimum Gasteiger partial charge on any atom is -0.338 e. The van der Waals surface area contributed by atoms with Crippen LogP contribution in [0.3, 0.4) is 0 Å². The summed E-state index contributed by atoms with van der Waals surface area (Å²) in [6.07, 6.45) is 6.18. The van der Waals surface area contributed by atoms with Crippen LogP contribution in [-0.2, 0) is 13.5 Å². The molecule has 3 heteroatoms. The van der Waals surface area contributed by atoms with Crippen LogP contribution in [0.25, 0.3) is 0 Å². The Hall–Kier alpha value is -0.830. The van der Waals surface area contributed by atoms with Crippen molar-refractivity contribution in [3.63, 3.8) is 0 Å². The molecule has 0 saturated carbocycles. The van der Waals surface area contributed by atoms with E-state index in [2.05, 4.69) is 56.5 Å². The van der Waals surface area contributed by atoms with Gasteiger partial charge in [0.1, 0.15) is 5.82 Å². The van der Waals surface area contributed by atoms with Gasteiger partial charge in [0.25, 0.3) is 0 Å². The Morgan fingerprint density at radius 3 is 2.44 bits per heavy atom. The van der Waals surface area contributed by atoms with E-state index < -0.39 is 0 Å². The van der Waals surface area contributed by atoms with Gasteiger partial charge in [-0.2, -0.15) is 0 Å².